The molecule has 0 bridgehead atoms. The van der Waals surface area contributed by atoms with E-state index in [4.69, 9.17) is 0 Å². The fourth-order valence-electron chi connectivity index (χ4n) is 4.41. The number of carbonyl (C=O) groups excluding carboxylic acids is 3. The van der Waals surface area contributed by atoms with Crippen LogP contribution in [0.1, 0.15) is 43.8 Å². The van der Waals surface area contributed by atoms with Crippen LogP contribution in [-0.2, 0) is 24.2 Å². The standard InChI is InChI=1S/C28H25N3O3/c32-26(30-17-20-6-2-1-3-7-20)13-11-19-10-12-25-24(16-19)21(18-29-25)14-15-31-27(33)22-8-4-5-9-23(22)28(31)34/h1-10,12,16,18,29H,11,13-15,17H2,(H,30,32). The highest BCUT2D eigenvalue weighted by atomic mass is 16.2. The van der Waals surface area contributed by atoms with Crippen LogP contribution >= 0.6 is 0 Å². The fourth-order valence-corrected chi connectivity index (χ4v) is 4.41. The molecular weight excluding hydrogens is 426 g/mol. The van der Waals surface area contributed by atoms with E-state index in [1.807, 2.05) is 48.7 Å². The molecule has 0 fully saturated rings. The van der Waals surface area contributed by atoms with Crippen LogP contribution in [0.15, 0.2) is 79.0 Å². The second-order valence-corrected chi connectivity index (χ2v) is 8.51. The van der Waals surface area contributed by atoms with Gasteiger partial charge in [-0.25, -0.2) is 0 Å². The predicted molar refractivity (Wildman–Crippen MR) is 130 cm³/mol. The Morgan fingerprint density at radius 1 is 0.824 bits per heavy atom. The van der Waals surface area contributed by atoms with Crippen molar-refractivity contribution in [3.8, 4) is 0 Å². The molecule has 0 aliphatic carbocycles. The van der Waals surface area contributed by atoms with E-state index in [1.54, 1.807) is 24.3 Å². The average Bonchev–Trinajstić information content (AvgIpc) is 3.39. The molecule has 0 atom stereocenters. The smallest absolute Gasteiger partial charge is 0.261 e. The number of carbonyl (C=O) groups is 3. The molecular formula is C28H25N3O3. The van der Waals surface area contributed by atoms with Crippen LogP contribution < -0.4 is 5.32 Å². The van der Waals surface area contributed by atoms with Crippen molar-refractivity contribution in [1.29, 1.82) is 0 Å². The normalized spacial score (nSPS) is 12.9. The topological polar surface area (TPSA) is 82.3 Å². The first-order chi connectivity index (χ1) is 16.6. The number of aryl methyl sites for hydroxylation is 1. The van der Waals surface area contributed by atoms with E-state index >= 15 is 0 Å². The highest BCUT2D eigenvalue weighted by Crippen LogP contribution is 2.25. The van der Waals surface area contributed by atoms with Gasteiger partial charge in [-0.3, -0.25) is 19.3 Å². The molecule has 0 radical (unpaired) electrons. The first-order valence-electron chi connectivity index (χ1n) is 11.4. The number of rotatable bonds is 8. The van der Waals surface area contributed by atoms with Gasteiger partial charge in [-0.1, -0.05) is 48.5 Å². The highest BCUT2D eigenvalue weighted by Gasteiger charge is 2.34. The summed E-state index contributed by atoms with van der Waals surface area (Å²) in [7, 11) is 0. The molecule has 2 N–H and O–H groups in total. The van der Waals surface area contributed by atoms with Crippen LogP contribution in [0.25, 0.3) is 10.9 Å². The summed E-state index contributed by atoms with van der Waals surface area (Å²) in [6.07, 6.45) is 3.54. The van der Waals surface area contributed by atoms with E-state index in [-0.39, 0.29) is 17.7 Å². The number of nitrogens with one attached hydrogen (secondary N) is 2. The lowest BCUT2D eigenvalue weighted by Crippen LogP contribution is -2.31. The average molecular weight is 452 g/mol. The second-order valence-electron chi connectivity index (χ2n) is 8.51. The predicted octanol–water partition coefficient (Wildman–Crippen LogP) is 4.26. The molecule has 5 rings (SSSR count). The first kappa shape index (κ1) is 21.6. The van der Waals surface area contributed by atoms with Crippen LogP contribution in [0.4, 0.5) is 0 Å². The summed E-state index contributed by atoms with van der Waals surface area (Å²) in [4.78, 5) is 42.2. The summed E-state index contributed by atoms with van der Waals surface area (Å²) in [5, 5.41) is 4.02. The van der Waals surface area contributed by atoms with Gasteiger partial charge in [-0.2, -0.15) is 0 Å². The van der Waals surface area contributed by atoms with Crippen LogP contribution in [0.3, 0.4) is 0 Å². The van der Waals surface area contributed by atoms with Gasteiger partial charge in [0.1, 0.15) is 0 Å². The zero-order chi connectivity index (χ0) is 23.5. The Morgan fingerprint density at radius 3 is 2.26 bits per heavy atom. The molecule has 1 aliphatic rings. The number of aromatic nitrogens is 1. The molecule has 1 aromatic heterocycles. The number of hydrogen-bond acceptors (Lipinski definition) is 3. The lowest BCUT2D eigenvalue weighted by molar-refractivity contribution is -0.121. The van der Waals surface area contributed by atoms with E-state index in [1.165, 1.54) is 4.90 Å². The summed E-state index contributed by atoms with van der Waals surface area (Å²) in [6, 6.07) is 22.9. The summed E-state index contributed by atoms with van der Waals surface area (Å²) >= 11 is 0. The molecule has 1 aliphatic heterocycles. The van der Waals surface area contributed by atoms with Gasteiger partial charge >= 0.3 is 0 Å². The Hall–Kier alpha value is -4.19. The summed E-state index contributed by atoms with van der Waals surface area (Å²) in [6.45, 7) is 0.851. The molecule has 0 spiro atoms. The van der Waals surface area contributed by atoms with Crippen molar-refractivity contribution < 1.29 is 14.4 Å². The summed E-state index contributed by atoms with van der Waals surface area (Å²) in [5.41, 5.74) is 5.13. The zero-order valence-electron chi connectivity index (χ0n) is 18.7. The molecule has 3 aromatic carbocycles. The molecule has 0 saturated heterocycles. The SMILES string of the molecule is O=C(CCc1ccc2[nH]cc(CCN3C(=O)c4ccccc4C3=O)c2c1)NCc1ccccc1. The van der Waals surface area contributed by atoms with Crippen molar-refractivity contribution in [2.75, 3.05) is 6.54 Å². The molecule has 0 unspecified atom stereocenters. The second kappa shape index (κ2) is 9.35. The van der Waals surface area contributed by atoms with Gasteiger partial charge in [0, 0.05) is 36.6 Å². The Morgan fingerprint density at radius 2 is 1.53 bits per heavy atom. The van der Waals surface area contributed by atoms with Crippen molar-refractivity contribution in [2.45, 2.75) is 25.8 Å². The number of H-pyrrole nitrogens is 1. The number of nitrogens with zero attached hydrogens (tertiary/aromatic N) is 1. The van der Waals surface area contributed by atoms with Crippen molar-refractivity contribution in [3.63, 3.8) is 0 Å². The summed E-state index contributed by atoms with van der Waals surface area (Å²) < 4.78 is 0. The van der Waals surface area contributed by atoms with Gasteiger partial charge in [0.05, 0.1) is 11.1 Å². The zero-order valence-corrected chi connectivity index (χ0v) is 18.7. The van der Waals surface area contributed by atoms with Crippen molar-refractivity contribution >= 4 is 28.6 Å². The van der Waals surface area contributed by atoms with Gasteiger partial charge in [0.25, 0.3) is 11.8 Å². The minimum Gasteiger partial charge on any atom is -0.361 e. The Kier molecular flexibility index (Phi) is 5.95. The number of benzene rings is 3. The fraction of sp³-hybridized carbons (Fsp3) is 0.179. The molecule has 4 aromatic rings. The van der Waals surface area contributed by atoms with Gasteiger partial charge in [0.15, 0.2) is 0 Å². The minimum absolute atomic E-state index is 0.0175. The quantitative estimate of drug-likeness (QED) is 0.393. The van der Waals surface area contributed by atoms with E-state index in [0.717, 1.165) is 27.6 Å². The van der Waals surface area contributed by atoms with Crippen LogP contribution in [0, 0.1) is 0 Å². The number of aromatic amines is 1. The van der Waals surface area contributed by atoms with E-state index < -0.39 is 0 Å². The minimum atomic E-state index is -0.234. The highest BCUT2D eigenvalue weighted by molar-refractivity contribution is 6.21. The number of fused-ring (bicyclic) bond motifs is 2. The van der Waals surface area contributed by atoms with Crippen LogP contribution in [0.5, 0.6) is 0 Å². The molecule has 6 heteroatoms. The summed E-state index contributed by atoms with van der Waals surface area (Å²) in [5.74, 6) is -0.450. The first-order valence-corrected chi connectivity index (χ1v) is 11.4. The maximum atomic E-state index is 12.6. The molecule has 34 heavy (non-hydrogen) atoms. The van der Waals surface area contributed by atoms with Crippen LogP contribution in [-0.4, -0.2) is 34.2 Å². The van der Waals surface area contributed by atoms with Gasteiger partial charge < -0.3 is 10.3 Å². The third-order valence-corrected chi connectivity index (χ3v) is 6.29. The van der Waals surface area contributed by atoms with E-state index in [0.29, 0.717) is 43.5 Å². The third-order valence-electron chi connectivity index (χ3n) is 6.29. The number of imide groups is 1. The molecule has 170 valence electrons. The molecule has 3 amide bonds. The van der Waals surface area contributed by atoms with E-state index in [2.05, 4.69) is 16.4 Å². The maximum absolute atomic E-state index is 12.6. The Balaban J connectivity index is 1.21. The Labute approximate surface area is 197 Å². The van der Waals surface area contributed by atoms with Gasteiger partial charge in [0.2, 0.25) is 5.91 Å². The van der Waals surface area contributed by atoms with Gasteiger partial charge in [-0.15, -0.1) is 0 Å². The van der Waals surface area contributed by atoms with Crippen molar-refractivity contribution in [3.05, 3.63) is 107 Å². The van der Waals surface area contributed by atoms with Crippen LogP contribution in [0.2, 0.25) is 0 Å². The number of amides is 3. The van der Waals surface area contributed by atoms with Gasteiger partial charge in [-0.05, 0) is 53.8 Å². The van der Waals surface area contributed by atoms with Crippen molar-refractivity contribution in [2.24, 2.45) is 0 Å². The third kappa shape index (κ3) is 4.35. The molecule has 6 nitrogen and oxygen atoms in total. The monoisotopic (exact) mass is 451 g/mol. The molecule has 2 heterocycles. The largest absolute Gasteiger partial charge is 0.361 e. The maximum Gasteiger partial charge on any atom is 0.261 e. The lowest BCUT2D eigenvalue weighted by atomic mass is 10.0. The Bertz CT molecular complexity index is 1340. The lowest BCUT2D eigenvalue weighted by Gasteiger charge is -2.13. The molecule has 0 saturated carbocycles. The number of hydrogen-bond donors (Lipinski definition) is 2. The van der Waals surface area contributed by atoms with Crippen molar-refractivity contribution in [1.82, 2.24) is 15.2 Å². The van der Waals surface area contributed by atoms with E-state index in [9.17, 15) is 14.4 Å².